The molecule has 1 atom stereocenters. The average Bonchev–Trinajstić information content (AvgIpc) is 3.19. The molecule has 0 spiro atoms. The number of aryl methyl sites for hydroxylation is 1. The summed E-state index contributed by atoms with van der Waals surface area (Å²) in [5.74, 6) is 0.555. The second kappa shape index (κ2) is 7.46. The Kier molecular flexibility index (Phi) is 4.86. The normalized spacial score (nSPS) is 16.5. The number of carbonyl (C=O) groups excluding carboxylic acids is 1. The molecule has 0 saturated carbocycles. The van der Waals surface area contributed by atoms with Crippen LogP contribution >= 0.6 is 0 Å². The van der Waals surface area contributed by atoms with Crippen molar-refractivity contribution in [2.75, 3.05) is 13.2 Å². The highest BCUT2D eigenvalue weighted by molar-refractivity contribution is 5.94. The second-order valence-electron chi connectivity index (χ2n) is 7.02. The number of benzene rings is 1. The van der Waals surface area contributed by atoms with E-state index in [9.17, 15) is 9.59 Å². The van der Waals surface area contributed by atoms with Crippen LogP contribution in [0.25, 0.3) is 5.65 Å². The Morgan fingerprint density at radius 1 is 1.25 bits per heavy atom. The van der Waals surface area contributed by atoms with E-state index in [1.165, 1.54) is 10.6 Å². The zero-order valence-electron chi connectivity index (χ0n) is 16.1. The molecule has 0 radical (unpaired) electrons. The molecule has 1 fully saturated rings. The van der Waals surface area contributed by atoms with Crippen molar-refractivity contribution in [1.82, 2.24) is 14.3 Å². The first-order chi connectivity index (χ1) is 13.6. The summed E-state index contributed by atoms with van der Waals surface area (Å²) in [4.78, 5) is 32.2. The van der Waals surface area contributed by atoms with Gasteiger partial charge in [-0.05, 0) is 56.0 Å². The summed E-state index contributed by atoms with van der Waals surface area (Å²) >= 11 is 0. The number of hydrogen-bond acceptors (Lipinski definition) is 4. The maximum absolute atomic E-state index is 13.2. The summed E-state index contributed by atoms with van der Waals surface area (Å²) in [5, 5.41) is 0. The summed E-state index contributed by atoms with van der Waals surface area (Å²) in [5.41, 5.74) is 2.32. The third kappa shape index (κ3) is 3.15. The molecule has 4 rings (SSSR count). The number of ether oxygens (including phenoxy) is 1. The Bertz CT molecular complexity index is 1070. The Morgan fingerprint density at radius 2 is 2.04 bits per heavy atom. The second-order valence-corrected chi connectivity index (χ2v) is 7.02. The van der Waals surface area contributed by atoms with Crippen LogP contribution in [0.1, 0.15) is 47.3 Å². The highest BCUT2D eigenvalue weighted by atomic mass is 16.5. The van der Waals surface area contributed by atoms with Crippen molar-refractivity contribution in [3.05, 3.63) is 75.8 Å². The van der Waals surface area contributed by atoms with E-state index in [0.29, 0.717) is 18.8 Å². The highest BCUT2D eigenvalue weighted by Crippen LogP contribution is 2.33. The summed E-state index contributed by atoms with van der Waals surface area (Å²) in [6.07, 6.45) is 4.86. The molecule has 1 saturated heterocycles. The molecule has 2 aromatic heterocycles. The van der Waals surface area contributed by atoms with Crippen LogP contribution in [0.2, 0.25) is 0 Å². The summed E-state index contributed by atoms with van der Waals surface area (Å²) < 4.78 is 6.95. The predicted molar refractivity (Wildman–Crippen MR) is 107 cm³/mol. The lowest BCUT2D eigenvalue weighted by Crippen LogP contribution is -2.35. The minimum absolute atomic E-state index is 0.0409. The minimum Gasteiger partial charge on any atom is -0.494 e. The Morgan fingerprint density at radius 3 is 2.79 bits per heavy atom. The third-order valence-electron chi connectivity index (χ3n) is 5.25. The number of rotatable bonds is 4. The van der Waals surface area contributed by atoms with E-state index in [-0.39, 0.29) is 23.1 Å². The lowest BCUT2D eigenvalue weighted by atomic mass is 10.0. The van der Waals surface area contributed by atoms with Gasteiger partial charge in [0.2, 0.25) is 0 Å². The fourth-order valence-electron chi connectivity index (χ4n) is 3.86. The van der Waals surface area contributed by atoms with Crippen molar-refractivity contribution >= 4 is 11.6 Å². The molecule has 0 unspecified atom stereocenters. The number of amides is 1. The zero-order valence-corrected chi connectivity index (χ0v) is 16.1. The van der Waals surface area contributed by atoms with Crippen LogP contribution in [0, 0.1) is 6.92 Å². The fraction of sp³-hybridized carbons (Fsp3) is 0.318. The molecule has 1 aliphatic heterocycles. The number of hydrogen-bond donors (Lipinski definition) is 0. The van der Waals surface area contributed by atoms with Crippen molar-refractivity contribution in [1.29, 1.82) is 0 Å². The van der Waals surface area contributed by atoms with Crippen molar-refractivity contribution in [2.24, 2.45) is 0 Å². The predicted octanol–water partition coefficient (Wildman–Crippen LogP) is 3.38. The zero-order chi connectivity index (χ0) is 19.7. The molecule has 0 bridgehead atoms. The van der Waals surface area contributed by atoms with Crippen LogP contribution in [0.5, 0.6) is 5.75 Å². The van der Waals surface area contributed by atoms with Gasteiger partial charge in [0.1, 0.15) is 17.0 Å². The van der Waals surface area contributed by atoms with E-state index in [0.717, 1.165) is 29.7 Å². The molecule has 1 aliphatic rings. The van der Waals surface area contributed by atoms with E-state index in [4.69, 9.17) is 4.74 Å². The Balaban J connectivity index is 1.66. The summed E-state index contributed by atoms with van der Waals surface area (Å²) in [6.45, 7) is 5.09. The molecule has 1 aromatic carbocycles. The van der Waals surface area contributed by atoms with Gasteiger partial charge in [0.25, 0.3) is 11.5 Å². The van der Waals surface area contributed by atoms with Gasteiger partial charge in [-0.25, -0.2) is 4.98 Å². The van der Waals surface area contributed by atoms with Gasteiger partial charge < -0.3 is 9.64 Å². The van der Waals surface area contributed by atoms with Crippen LogP contribution in [0.3, 0.4) is 0 Å². The average molecular weight is 377 g/mol. The minimum atomic E-state index is -0.323. The lowest BCUT2D eigenvalue weighted by molar-refractivity contribution is 0.0733. The van der Waals surface area contributed by atoms with E-state index >= 15 is 0 Å². The maximum Gasteiger partial charge on any atom is 0.270 e. The van der Waals surface area contributed by atoms with Crippen molar-refractivity contribution in [3.63, 3.8) is 0 Å². The van der Waals surface area contributed by atoms with Crippen molar-refractivity contribution in [3.8, 4) is 5.75 Å². The van der Waals surface area contributed by atoms with Crippen LogP contribution in [0.15, 0.2) is 53.6 Å². The Hall–Kier alpha value is -3.15. The molecule has 144 valence electrons. The van der Waals surface area contributed by atoms with Gasteiger partial charge in [-0.15, -0.1) is 0 Å². The standard InChI is InChI=1S/C22H23N3O3/c1-3-28-17-10-8-16(9-11-17)19-7-5-12-24(19)21(26)18-14-23-20-15(2)6-4-13-25(20)22(18)27/h4,6,8-11,13-14,19H,3,5,7,12H2,1-2H3/t19-/m1/s1. The number of fused-ring (bicyclic) bond motifs is 1. The van der Waals surface area contributed by atoms with E-state index < -0.39 is 0 Å². The van der Waals surface area contributed by atoms with E-state index in [1.807, 2.05) is 44.2 Å². The van der Waals surface area contributed by atoms with E-state index in [2.05, 4.69) is 4.98 Å². The smallest absolute Gasteiger partial charge is 0.270 e. The molecule has 6 nitrogen and oxygen atoms in total. The first-order valence-electron chi connectivity index (χ1n) is 9.61. The lowest BCUT2D eigenvalue weighted by Gasteiger charge is -2.25. The molecule has 0 aliphatic carbocycles. The largest absolute Gasteiger partial charge is 0.494 e. The number of aromatic nitrogens is 2. The van der Waals surface area contributed by atoms with Gasteiger partial charge in [0.15, 0.2) is 0 Å². The molecule has 0 N–H and O–H groups in total. The van der Waals surface area contributed by atoms with Gasteiger partial charge in [-0.3, -0.25) is 14.0 Å². The number of nitrogens with zero attached hydrogens (tertiary/aromatic N) is 3. The van der Waals surface area contributed by atoms with Gasteiger partial charge in [-0.2, -0.15) is 0 Å². The third-order valence-corrected chi connectivity index (χ3v) is 5.25. The summed E-state index contributed by atoms with van der Waals surface area (Å²) in [6, 6.07) is 11.5. The molecule has 3 heterocycles. The first kappa shape index (κ1) is 18.2. The maximum atomic E-state index is 13.2. The molecule has 28 heavy (non-hydrogen) atoms. The van der Waals surface area contributed by atoms with Crippen LogP contribution in [-0.2, 0) is 0 Å². The van der Waals surface area contributed by atoms with Gasteiger partial charge >= 0.3 is 0 Å². The quantitative estimate of drug-likeness (QED) is 0.699. The van der Waals surface area contributed by atoms with Crippen LogP contribution in [0.4, 0.5) is 0 Å². The molecule has 6 heteroatoms. The molecular weight excluding hydrogens is 354 g/mol. The number of pyridine rings is 1. The van der Waals surface area contributed by atoms with Gasteiger partial charge in [0.05, 0.1) is 12.6 Å². The van der Waals surface area contributed by atoms with Crippen molar-refractivity contribution in [2.45, 2.75) is 32.7 Å². The van der Waals surface area contributed by atoms with Gasteiger partial charge in [0, 0.05) is 18.9 Å². The number of carbonyl (C=O) groups is 1. The molecule has 3 aromatic rings. The first-order valence-corrected chi connectivity index (χ1v) is 9.61. The fourth-order valence-corrected chi connectivity index (χ4v) is 3.86. The van der Waals surface area contributed by atoms with E-state index in [1.54, 1.807) is 17.2 Å². The molecule has 1 amide bonds. The van der Waals surface area contributed by atoms with Crippen LogP contribution in [-0.4, -0.2) is 33.3 Å². The monoisotopic (exact) mass is 377 g/mol. The topological polar surface area (TPSA) is 63.9 Å². The van der Waals surface area contributed by atoms with Crippen molar-refractivity contribution < 1.29 is 9.53 Å². The van der Waals surface area contributed by atoms with Crippen LogP contribution < -0.4 is 10.3 Å². The van der Waals surface area contributed by atoms with Gasteiger partial charge in [-0.1, -0.05) is 18.2 Å². The SMILES string of the molecule is CCOc1ccc([C@H]2CCCN2C(=O)c2cnc3c(C)cccn3c2=O)cc1. The molecular formula is C22H23N3O3. The summed E-state index contributed by atoms with van der Waals surface area (Å²) in [7, 11) is 0. The highest BCUT2D eigenvalue weighted by Gasteiger charge is 2.32. The Labute approximate surface area is 163 Å². The number of likely N-dealkylation sites (tertiary alicyclic amines) is 1.